The molecule has 0 spiro atoms. The Bertz CT molecular complexity index is 899. The first kappa shape index (κ1) is 23.2. The van der Waals surface area contributed by atoms with E-state index in [9.17, 15) is 0 Å². The summed E-state index contributed by atoms with van der Waals surface area (Å²) in [5.41, 5.74) is 2.19. The summed E-state index contributed by atoms with van der Waals surface area (Å²) >= 11 is 5.91. The molecule has 0 saturated carbocycles. The average molecular weight is 526 g/mol. The van der Waals surface area contributed by atoms with Gasteiger partial charge in [-0.1, -0.05) is 47.1 Å². The maximum atomic E-state index is 5.91. The largest absolute Gasteiger partial charge is 0.354 e. The second-order valence-corrected chi connectivity index (χ2v) is 6.95. The van der Waals surface area contributed by atoms with Crippen LogP contribution in [-0.2, 0) is 13.0 Å². The second-order valence-electron chi connectivity index (χ2n) is 6.51. The zero-order chi connectivity index (χ0) is 19.8. The third-order valence-electron chi connectivity index (χ3n) is 4.29. The van der Waals surface area contributed by atoms with Crippen LogP contribution in [0.4, 0.5) is 0 Å². The Morgan fingerprint density at radius 1 is 1.14 bits per heavy atom. The highest BCUT2D eigenvalue weighted by atomic mass is 127. The molecule has 1 atom stereocenters. The van der Waals surface area contributed by atoms with E-state index in [4.69, 9.17) is 16.1 Å². The summed E-state index contributed by atoms with van der Waals surface area (Å²) < 4.78 is 5.32. The Kier molecular flexibility index (Phi) is 9.40. The van der Waals surface area contributed by atoms with E-state index in [0.717, 1.165) is 18.4 Å². The Morgan fingerprint density at radius 3 is 2.55 bits per heavy atom. The van der Waals surface area contributed by atoms with E-state index in [0.29, 0.717) is 29.2 Å². The fourth-order valence-corrected chi connectivity index (χ4v) is 2.86. The minimum atomic E-state index is 0. The van der Waals surface area contributed by atoms with Crippen molar-refractivity contribution in [1.82, 2.24) is 20.8 Å². The number of hydrogen-bond donors (Lipinski definition) is 2. The predicted octanol–water partition coefficient (Wildman–Crippen LogP) is 4.69. The Balaban J connectivity index is 0.00000300. The summed E-state index contributed by atoms with van der Waals surface area (Å²) in [4.78, 5) is 8.67. The molecule has 0 aliphatic heterocycles. The van der Waals surface area contributed by atoms with Crippen LogP contribution in [0.1, 0.15) is 24.8 Å². The lowest BCUT2D eigenvalue weighted by atomic mass is 10.1. The molecule has 3 rings (SSSR count). The first-order valence-corrected chi connectivity index (χ1v) is 9.61. The van der Waals surface area contributed by atoms with Gasteiger partial charge in [0.25, 0.3) is 0 Å². The Morgan fingerprint density at radius 2 is 1.86 bits per heavy atom. The van der Waals surface area contributed by atoms with E-state index in [1.54, 1.807) is 19.2 Å². The van der Waals surface area contributed by atoms with Gasteiger partial charge in [-0.15, -0.1) is 24.0 Å². The lowest BCUT2D eigenvalue weighted by Crippen LogP contribution is -2.42. The molecule has 0 saturated heterocycles. The molecular weight excluding hydrogens is 501 g/mol. The maximum absolute atomic E-state index is 5.91. The molecule has 154 valence electrons. The van der Waals surface area contributed by atoms with Gasteiger partial charge in [-0.05, 0) is 49.6 Å². The molecule has 0 aliphatic rings. The minimum Gasteiger partial charge on any atom is -0.354 e. The van der Waals surface area contributed by atoms with Gasteiger partial charge in [0.2, 0.25) is 11.7 Å². The number of nitrogens with one attached hydrogen (secondary N) is 2. The number of hydrogen-bond acceptors (Lipinski definition) is 4. The van der Waals surface area contributed by atoms with Crippen molar-refractivity contribution in [3.8, 4) is 11.4 Å². The molecule has 2 aromatic carbocycles. The summed E-state index contributed by atoms with van der Waals surface area (Å²) in [6, 6.07) is 18.1. The molecule has 8 heteroatoms. The molecule has 29 heavy (non-hydrogen) atoms. The maximum Gasteiger partial charge on any atom is 0.246 e. The number of aliphatic imine (C=N–C) groups is 1. The van der Waals surface area contributed by atoms with Crippen LogP contribution in [0.2, 0.25) is 5.02 Å². The molecule has 6 nitrogen and oxygen atoms in total. The molecule has 0 bridgehead atoms. The lowest BCUT2D eigenvalue weighted by molar-refractivity contribution is 0.375. The lowest BCUT2D eigenvalue weighted by Gasteiger charge is -2.17. The normalized spacial score (nSPS) is 12.2. The first-order chi connectivity index (χ1) is 13.6. The van der Waals surface area contributed by atoms with Crippen molar-refractivity contribution in [1.29, 1.82) is 0 Å². The van der Waals surface area contributed by atoms with E-state index >= 15 is 0 Å². The molecule has 1 unspecified atom stereocenters. The first-order valence-electron chi connectivity index (χ1n) is 9.23. The predicted molar refractivity (Wildman–Crippen MR) is 128 cm³/mol. The van der Waals surface area contributed by atoms with Gasteiger partial charge in [-0.2, -0.15) is 4.98 Å². The van der Waals surface area contributed by atoms with Gasteiger partial charge in [0.05, 0.1) is 6.54 Å². The standard InChI is InChI=1S/C21H24ClN5O.HI/c1-15(8-9-16-6-4-3-5-7-16)25-21(23-2)24-14-19-26-20(27-28-19)17-10-12-18(22)13-11-17;/h3-7,10-13,15H,8-9,14H2,1-2H3,(H2,23,24,25);1H. The highest BCUT2D eigenvalue weighted by Gasteiger charge is 2.10. The number of aromatic nitrogens is 2. The smallest absolute Gasteiger partial charge is 0.246 e. The van der Waals surface area contributed by atoms with Crippen LogP contribution in [0.5, 0.6) is 0 Å². The number of aryl methyl sites for hydroxylation is 1. The van der Waals surface area contributed by atoms with E-state index in [1.807, 2.05) is 18.2 Å². The van der Waals surface area contributed by atoms with Crippen molar-refractivity contribution in [3.05, 3.63) is 71.1 Å². The van der Waals surface area contributed by atoms with Gasteiger partial charge >= 0.3 is 0 Å². The van der Waals surface area contributed by atoms with Crippen molar-refractivity contribution in [2.24, 2.45) is 4.99 Å². The SMILES string of the molecule is CN=C(NCc1nc(-c2ccc(Cl)cc2)no1)NC(C)CCc1ccccc1.I. The van der Waals surface area contributed by atoms with Crippen LogP contribution in [0.25, 0.3) is 11.4 Å². The molecule has 1 heterocycles. The van der Waals surface area contributed by atoms with Crippen LogP contribution >= 0.6 is 35.6 Å². The molecule has 2 N–H and O–H groups in total. The van der Waals surface area contributed by atoms with Gasteiger partial charge in [-0.25, -0.2) is 0 Å². The molecule has 0 fully saturated rings. The van der Waals surface area contributed by atoms with E-state index in [1.165, 1.54) is 5.56 Å². The number of guanidine groups is 1. The van der Waals surface area contributed by atoms with Gasteiger partial charge in [0.1, 0.15) is 0 Å². The highest BCUT2D eigenvalue weighted by molar-refractivity contribution is 14.0. The number of benzene rings is 2. The molecule has 0 amide bonds. The molecular formula is C21H25ClIN5O. The van der Waals surface area contributed by atoms with Crippen molar-refractivity contribution < 1.29 is 4.52 Å². The fraction of sp³-hybridized carbons (Fsp3) is 0.286. The monoisotopic (exact) mass is 525 g/mol. The van der Waals surface area contributed by atoms with Gasteiger partial charge in [-0.3, -0.25) is 4.99 Å². The average Bonchev–Trinajstić information content (AvgIpc) is 3.20. The summed E-state index contributed by atoms with van der Waals surface area (Å²) in [7, 11) is 1.74. The molecule has 0 aliphatic carbocycles. The van der Waals surface area contributed by atoms with E-state index in [-0.39, 0.29) is 30.0 Å². The van der Waals surface area contributed by atoms with Gasteiger partial charge in [0, 0.05) is 23.7 Å². The van der Waals surface area contributed by atoms with Crippen LogP contribution < -0.4 is 10.6 Å². The van der Waals surface area contributed by atoms with Crippen molar-refractivity contribution >= 4 is 41.5 Å². The summed E-state index contributed by atoms with van der Waals surface area (Å²) in [6.07, 6.45) is 2.02. The summed E-state index contributed by atoms with van der Waals surface area (Å²) in [5.74, 6) is 1.73. The second kappa shape index (κ2) is 11.8. The Labute approximate surface area is 193 Å². The van der Waals surface area contributed by atoms with Crippen molar-refractivity contribution in [2.75, 3.05) is 7.05 Å². The number of nitrogens with zero attached hydrogens (tertiary/aromatic N) is 3. The van der Waals surface area contributed by atoms with Crippen molar-refractivity contribution in [2.45, 2.75) is 32.4 Å². The third kappa shape index (κ3) is 7.32. The zero-order valence-corrected chi connectivity index (χ0v) is 19.5. The quantitative estimate of drug-likeness (QED) is 0.266. The van der Waals surface area contributed by atoms with Crippen LogP contribution in [0, 0.1) is 0 Å². The minimum absolute atomic E-state index is 0. The molecule has 1 aromatic heterocycles. The van der Waals surface area contributed by atoms with Crippen LogP contribution in [0.3, 0.4) is 0 Å². The van der Waals surface area contributed by atoms with Gasteiger partial charge in [0.15, 0.2) is 5.96 Å². The van der Waals surface area contributed by atoms with E-state index in [2.05, 4.69) is 57.0 Å². The van der Waals surface area contributed by atoms with Crippen molar-refractivity contribution in [3.63, 3.8) is 0 Å². The summed E-state index contributed by atoms with van der Waals surface area (Å²) in [6.45, 7) is 2.53. The van der Waals surface area contributed by atoms with E-state index < -0.39 is 0 Å². The fourth-order valence-electron chi connectivity index (χ4n) is 2.73. The van der Waals surface area contributed by atoms with Crippen LogP contribution in [-0.4, -0.2) is 29.2 Å². The number of rotatable bonds is 7. The summed E-state index contributed by atoms with van der Waals surface area (Å²) in [5, 5.41) is 11.3. The molecule has 0 radical (unpaired) electrons. The third-order valence-corrected chi connectivity index (χ3v) is 4.55. The molecule has 3 aromatic rings. The van der Waals surface area contributed by atoms with Gasteiger partial charge < -0.3 is 15.2 Å². The highest BCUT2D eigenvalue weighted by Crippen LogP contribution is 2.18. The van der Waals surface area contributed by atoms with Crippen LogP contribution in [0.15, 0.2) is 64.1 Å². The number of halogens is 2. The topological polar surface area (TPSA) is 75.3 Å². The Hall–Kier alpha value is -2.13. The zero-order valence-electron chi connectivity index (χ0n) is 16.4.